The van der Waals surface area contributed by atoms with Gasteiger partial charge in [0, 0.05) is 9.73 Å². The Labute approximate surface area is 66.6 Å². The molecule has 64 valence electrons. The molecule has 0 aromatic heterocycles. The third-order valence-electron chi connectivity index (χ3n) is 0.842. The molecule has 0 aromatic carbocycles. The molecule has 3 N–H and O–H groups in total. The molecule has 0 atom stereocenters. The highest BCUT2D eigenvalue weighted by molar-refractivity contribution is 7.92. The Morgan fingerprint density at radius 3 is 1.70 bits per heavy atom. The van der Waals surface area contributed by atoms with E-state index in [2.05, 4.69) is 0 Å². The van der Waals surface area contributed by atoms with Crippen molar-refractivity contribution in [3.63, 3.8) is 0 Å². The second kappa shape index (κ2) is 5.91. The second-order valence-electron chi connectivity index (χ2n) is 1.67. The van der Waals surface area contributed by atoms with Gasteiger partial charge in [-0.3, -0.25) is 4.78 Å². The van der Waals surface area contributed by atoms with Crippen LogP contribution in [-0.2, 0) is 9.73 Å². The molecule has 6 heteroatoms. The van der Waals surface area contributed by atoms with Crippen LogP contribution in [0.1, 0.15) is 0 Å². The van der Waals surface area contributed by atoms with Crippen molar-refractivity contribution in [3.8, 4) is 0 Å². The molecule has 0 saturated heterocycles. The molecule has 0 heterocycles. The van der Waals surface area contributed by atoms with E-state index >= 15 is 0 Å². The summed E-state index contributed by atoms with van der Waals surface area (Å²) in [7, 11) is -2.68. The molecule has 0 rings (SSSR count). The van der Waals surface area contributed by atoms with Crippen molar-refractivity contribution < 1.29 is 14.4 Å². The molecule has 0 fully saturated rings. The molecule has 4 nitrogen and oxygen atoms in total. The van der Waals surface area contributed by atoms with Gasteiger partial charge in [0.05, 0.1) is 24.7 Å². The monoisotopic (exact) mass is 189 g/mol. The molecule has 0 aliphatic rings. The summed E-state index contributed by atoms with van der Waals surface area (Å²) in [6.45, 7) is -0.495. The van der Waals surface area contributed by atoms with E-state index in [1.807, 2.05) is 0 Å². The Hall–Kier alpha value is 0.160. The number of hydrogen-bond donors (Lipinski definition) is 3. The fraction of sp³-hybridized carbons (Fsp3) is 1.00. The van der Waals surface area contributed by atoms with E-state index in [0.717, 1.165) is 0 Å². The number of hydrogen-bond acceptors (Lipinski definition) is 4. The molecule has 0 saturated carbocycles. The zero-order chi connectivity index (χ0) is 7.33. The lowest BCUT2D eigenvalue weighted by molar-refractivity contribution is 0.314. The highest BCUT2D eigenvalue weighted by atomic mass is 35.5. The van der Waals surface area contributed by atoms with Crippen LogP contribution in [0.25, 0.3) is 0 Å². The molecule has 0 aliphatic carbocycles. The van der Waals surface area contributed by atoms with E-state index in [9.17, 15) is 4.21 Å². The number of rotatable bonds is 4. The average molecular weight is 190 g/mol. The average Bonchev–Trinajstić information content (AvgIpc) is 1.64. The Morgan fingerprint density at radius 1 is 1.20 bits per heavy atom. The maximum Gasteiger partial charge on any atom is 0.0555 e. The van der Waals surface area contributed by atoms with E-state index in [1.165, 1.54) is 0 Å². The fourth-order valence-electron chi connectivity index (χ4n) is 0.397. The van der Waals surface area contributed by atoms with Gasteiger partial charge in [-0.15, -0.1) is 12.4 Å². The third-order valence-corrected chi connectivity index (χ3v) is 2.53. The second-order valence-corrected chi connectivity index (χ2v) is 4.11. The largest absolute Gasteiger partial charge is 0.395 e. The molecule has 0 radical (unpaired) electrons. The van der Waals surface area contributed by atoms with Gasteiger partial charge in [-0.2, -0.15) is 0 Å². The molecule has 0 bridgehead atoms. The smallest absolute Gasteiger partial charge is 0.0555 e. The molecule has 0 unspecified atom stereocenters. The lowest BCUT2D eigenvalue weighted by Gasteiger charge is -2.00. The first-order valence-corrected chi connectivity index (χ1v) is 4.48. The first kappa shape index (κ1) is 12.8. The van der Waals surface area contributed by atoms with Crippen molar-refractivity contribution in [2.75, 3.05) is 24.7 Å². The maximum absolute atomic E-state index is 10.7. The topological polar surface area (TPSA) is 81.4 Å². The Kier molecular flexibility index (Phi) is 7.56. The van der Waals surface area contributed by atoms with E-state index in [1.54, 1.807) is 0 Å². The van der Waals surface area contributed by atoms with E-state index in [4.69, 9.17) is 15.0 Å². The Bertz CT molecular complexity index is 144. The van der Waals surface area contributed by atoms with Crippen molar-refractivity contribution in [2.24, 2.45) is 0 Å². The van der Waals surface area contributed by atoms with Crippen LogP contribution in [-0.4, -0.2) is 39.1 Å². The normalized spacial score (nSPS) is 10.6. The quantitative estimate of drug-likeness (QED) is 0.555. The molecule has 0 aromatic rings. The summed E-state index contributed by atoms with van der Waals surface area (Å²) in [5, 5.41) is 16.5. The molecule has 0 amide bonds. The first-order chi connectivity index (χ1) is 4.12. The number of halogens is 1. The molecule has 0 aliphatic heterocycles. The van der Waals surface area contributed by atoms with Crippen molar-refractivity contribution >= 4 is 22.1 Å². The van der Waals surface area contributed by atoms with Crippen LogP contribution in [0, 0.1) is 4.78 Å². The summed E-state index contributed by atoms with van der Waals surface area (Å²) in [5.41, 5.74) is 0. The van der Waals surface area contributed by atoms with Crippen LogP contribution < -0.4 is 0 Å². The zero-order valence-corrected chi connectivity index (χ0v) is 7.08. The van der Waals surface area contributed by atoms with Gasteiger partial charge in [-0.1, -0.05) is 0 Å². The predicted molar refractivity (Wildman–Crippen MR) is 42.0 cm³/mol. The van der Waals surface area contributed by atoms with Gasteiger partial charge in [0.2, 0.25) is 0 Å². The van der Waals surface area contributed by atoms with E-state index < -0.39 is 9.73 Å². The van der Waals surface area contributed by atoms with E-state index in [0.29, 0.717) is 0 Å². The molecular weight excluding hydrogens is 178 g/mol. The Morgan fingerprint density at radius 2 is 1.50 bits per heavy atom. The van der Waals surface area contributed by atoms with Gasteiger partial charge in [0.25, 0.3) is 0 Å². The van der Waals surface area contributed by atoms with Crippen LogP contribution in [0.5, 0.6) is 0 Å². The lowest BCUT2D eigenvalue weighted by atomic mass is 10.9. The van der Waals surface area contributed by atoms with E-state index in [-0.39, 0.29) is 37.1 Å². The zero-order valence-electron chi connectivity index (χ0n) is 5.45. The minimum Gasteiger partial charge on any atom is -0.395 e. The summed E-state index contributed by atoms with van der Waals surface area (Å²) in [4.78, 5) is 0. The predicted octanol–water partition coefficient (Wildman–Crippen LogP) is -0.560. The summed E-state index contributed by atoms with van der Waals surface area (Å²) >= 11 is 0. The van der Waals surface area contributed by atoms with Crippen LogP contribution >= 0.6 is 12.4 Å². The van der Waals surface area contributed by atoms with Gasteiger partial charge in [0.1, 0.15) is 0 Å². The van der Waals surface area contributed by atoms with Gasteiger partial charge in [0.15, 0.2) is 0 Å². The standard InChI is InChI=1S/C4H11NO3S.ClH/c5-9(8,3-1-6)4-2-7;/h5-7H,1-4H2;1H. The molecule has 0 spiro atoms. The Balaban J connectivity index is 0. The fourth-order valence-corrected chi connectivity index (χ4v) is 1.19. The van der Waals surface area contributed by atoms with Gasteiger partial charge < -0.3 is 10.2 Å². The summed E-state index contributed by atoms with van der Waals surface area (Å²) in [6, 6.07) is 0. The van der Waals surface area contributed by atoms with Crippen molar-refractivity contribution in [3.05, 3.63) is 0 Å². The third kappa shape index (κ3) is 6.28. The van der Waals surface area contributed by atoms with Crippen LogP contribution in [0.2, 0.25) is 0 Å². The highest BCUT2D eigenvalue weighted by Crippen LogP contribution is 1.88. The highest BCUT2D eigenvalue weighted by Gasteiger charge is 2.02. The summed E-state index contributed by atoms with van der Waals surface area (Å²) in [5.74, 6) is -0.0683. The number of aliphatic hydroxyl groups excluding tert-OH is 2. The minimum absolute atomic E-state index is 0. The van der Waals surface area contributed by atoms with Crippen molar-refractivity contribution in [1.82, 2.24) is 0 Å². The maximum atomic E-state index is 10.7. The van der Waals surface area contributed by atoms with Gasteiger partial charge >= 0.3 is 0 Å². The number of aliphatic hydroxyl groups is 2. The SMILES string of the molecule is Cl.N=S(=O)(CCO)CCO. The minimum atomic E-state index is -2.68. The van der Waals surface area contributed by atoms with Crippen molar-refractivity contribution in [1.29, 1.82) is 4.78 Å². The number of nitrogens with one attached hydrogen (secondary N) is 1. The van der Waals surface area contributed by atoms with Crippen LogP contribution in [0.15, 0.2) is 0 Å². The van der Waals surface area contributed by atoms with Gasteiger partial charge in [-0.05, 0) is 0 Å². The van der Waals surface area contributed by atoms with Crippen LogP contribution in [0.3, 0.4) is 0 Å². The van der Waals surface area contributed by atoms with Crippen LogP contribution in [0.4, 0.5) is 0 Å². The summed E-state index contributed by atoms with van der Waals surface area (Å²) < 4.78 is 17.7. The van der Waals surface area contributed by atoms with Gasteiger partial charge in [-0.25, -0.2) is 4.21 Å². The molecule has 10 heavy (non-hydrogen) atoms. The lowest BCUT2D eigenvalue weighted by Crippen LogP contribution is -2.14. The first-order valence-electron chi connectivity index (χ1n) is 2.58. The molecular formula is C4H12ClNO3S. The summed E-state index contributed by atoms with van der Waals surface area (Å²) in [6.07, 6.45) is 0. The van der Waals surface area contributed by atoms with Crippen molar-refractivity contribution in [2.45, 2.75) is 0 Å².